The molecule has 1 amide bonds. The molecule has 1 aliphatic heterocycles. The molecule has 134 valence electrons. The molecule has 1 saturated heterocycles. The maximum atomic E-state index is 12.1. The third-order valence-corrected chi connectivity index (χ3v) is 4.91. The third-order valence-electron chi connectivity index (χ3n) is 4.91. The second-order valence-corrected chi connectivity index (χ2v) is 6.75. The fourth-order valence-corrected chi connectivity index (χ4v) is 2.97. The standard InChI is InChI=1S/C19H31N3O2/c1-3-21(2)13-10-20-19(24)18-6-4-16(5-7-18)14-22-11-8-17(15-23)9-12-22/h4-7,17,23H,3,8-15H2,1-2H3,(H,20,24). The maximum Gasteiger partial charge on any atom is 0.251 e. The highest BCUT2D eigenvalue weighted by molar-refractivity contribution is 5.94. The normalized spacial score (nSPS) is 16.5. The molecule has 0 spiro atoms. The monoisotopic (exact) mass is 333 g/mol. The van der Waals surface area contributed by atoms with Crippen molar-refractivity contribution < 1.29 is 9.90 Å². The van der Waals surface area contributed by atoms with Crippen LogP contribution in [-0.4, -0.2) is 67.2 Å². The van der Waals surface area contributed by atoms with Crippen LogP contribution in [0.25, 0.3) is 0 Å². The fourth-order valence-electron chi connectivity index (χ4n) is 2.97. The lowest BCUT2D eigenvalue weighted by Crippen LogP contribution is -2.34. The molecule has 0 bridgehead atoms. The zero-order chi connectivity index (χ0) is 17.4. The maximum absolute atomic E-state index is 12.1. The Kier molecular flexibility index (Phi) is 7.69. The van der Waals surface area contributed by atoms with Crippen LogP contribution in [0.15, 0.2) is 24.3 Å². The van der Waals surface area contributed by atoms with Crippen LogP contribution in [0.2, 0.25) is 0 Å². The number of aliphatic hydroxyl groups is 1. The number of carbonyl (C=O) groups is 1. The number of likely N-dealkylation sites (N-methyl/N-ethyl adjacent to an activating group) is 1. The Morgan fingerprint density at radius 2 is 1.96 bits per heavy atom. The van der Waals surface area contributed by atoms with E-state index < -0.39 is 0 Å². The van der Waals surface area contributed by atoms with Crippen molar-refractivity contribution in [1.82, 2.24) is 15.1 Å². The zero-order valence-corrected chi connectivity index (χ0v) is 15.0. The van der Waals surface area contributed by atoms with E-state index in [-0.39, 0.29) is 5.91 Å². The third kappa shape index (κ3) is 5.89. The predicted octanol–water partition coefficient (Wildman–Crippen LogP) is 1.57. The number of amides is 1. The molecule has 0 radical (unpaired) electrons. The Labute approximate surface area is 145 Å². The summed E-state index contributed by atoms with van der Waals surface area (Å²) in [7, 11) is 2.05. The molecule has 5 nitrogen and oxygen atoms in total. The Hall–Kier alpha value is -1.43. The van der Waals surface area contributed by atoms with Crippen molar-refractivity contribution in [3.8, 4) is 0 Å². The lowest BCUT2D eigenvalue weighted by molar-refractivity contribution is 0.0950. The van der Waals surface area contributed by atoms with Crippen LogP contribution in [0.4, 0.5) is 0 Å². The van der Waals surface area contributed by atoms with Crippen LogP contribution in [-0.2, 0) is 6.54 Å². The predicted molar refractivity (Wildman–Crippen MR) is 97.0 cm³/mol. The van der Waals surface area contributed by atoms with Crippen molar-refractivity contribution in [2.45, 2.75) is 26.3 Å². The van der Waals surface area contributed by atoms with Gasteiger partial charge in [-0.3, -0.25) is 9.69 Å². The van der Waals surface area contributed by atoms with Gasteiger partial charge in [-0.15, -0.1) is 0 Å². The van der Waals surface area contributed by atoms with Gasteiger partial charge < -0.3 is 15.3 Å². The summed E-state index contributed by atoms with van der Waals surface area (Å²) in [6, 6.07) is 7.92. The van der Waals surface area contributed by atoms with Crippen molar-refractivity contribution in [2.24, 2.45) is 5.92 Å². The number of piperidine rings is 1. The van der Waals surface area contributed by atoms with Gasteiger partial charge in [-0.05, 0) is 63.1 Å². The van der Waals surface area contributed by atoms with Crippen molar-refractivity contribution in [1.29, 1.82) is 0 Å². The number of carbonyl (C=O) groups excluding carboxylic acids is 1. The van der Waals surface area contributed by atoms with Crippen LogP contribution in [0, 0.1) is 5.92 Å². The van der Waals surface area contributed by atoms with Crippen molar-refractivity contribution in [3.05, 3.63) is 35.4 Å². The van der Waals surface area contributed by atoms with E-state index >= 15 is 0 Å². The lowest BCUT2D eigenvalue weighted by Gasteiger charge is -2.31. The number of aliphatic hydroxyl groups excluding tert-OH is 1. The fraction of sp³-hybridized carbons (Fsp3) is 0.632. The molecule has 0 aromatic heterocycles. The Bertz CT molecular complexity index is 496. The van der Waals surface area contributed by atoms with E-state index in [9.17, 15) is 9.90 Å². The summed E-state index contributed by atoms with van der Waals surface area (Å²) >= 11 is 0. The largest absolute Gasteiger partial charge is 0.396 e. The molecule has 0 aliphatic carbocycles. The van der Waals surface area contributed by atoms with E-state index in [1.165, 1.54) is 5.56 Å². The van der Waals surface area contributed by atoms with Gasteiger partial charge in [0.15, 0.2) is 0 Å². The van der Waals surface area contributed by atoms with Gasteiger partial charge in [0, 0.05) is 31.8 Å². The molecular formula is C19H31N3O2. The van der Waals surface area contributed by atoms with Gasteiger partial charge in [0.25, 0.3) is 5.91 Å². The van der Waals surface area contributed by atoms with E-state index in [1.807, 2.05) is 31.3 Å². The zero-order valence-electron chi connectivity index (χ0n) is 15.0. The highest BCUT2D eigenvalue weighted by Gasteiger charge is 2.18. The minimum Gasteiger partial charge on any atom is -0.396 e. The van der Waals surface area contributed by atoms with Gasteiger partial charge in [-0.2, -0.15) is 0 Å². The molecule has 1 aromatic rings. The van der Waals surface area contributed by atoms with Gasteiger partial charge in [0.05, 0.1) is 0 Å². The van der Waals surface area contributed by atoms with Gasteiger partial charge >= 0.3 is 0 Å². The summed E-state index contributed by atoms with van der Waals surface area (Å²) in [6.07, 6.45) is 2.15. The topological polar surface area (TPSA) is 55.8 Å². The molecular weight excluding hydrogens is 302 g/mol. The van der Waals surface area contributed by atoms with E-state index in [2.05, 4.69) is 22.0 Å². The number of likely N-dealkylation sites (tertiary alicyclic amines) is 1. The minimum atomic E-state index is -0.00480. The molecule has 0 atom stereocenters. The molecule has 5 heteroatoms. The molecule has 2 N–H and O–H groups in total. The number of rotatable bonds is 8. The number of hydrogen-bond donors (Lipinski definition) is 2. The van der Waals surface area contributed by atoms with Gasteiger partial charge in [0.2, 0.25) is 0 Å². The van der Waals surface area contributed by atoms with Gasteiger partial charge in [-0.25, -0.2) is 0 Å². The molecule has 0 unspecified atom stereocenters. The summed E-state index contributed by atoms with van der Waals surface area (Å²) in [5.41, 5.74) is 1.96. The van der Waals surface area contributed by atoms with Crippen molar-refractivity contribution >= 4 is 5.91 Å². The number of nitrogens with one attached hydrogen (secondary N) is 1. The highest BCUT2D eigenvalue weighted by atomic mass is 16.3. The van der Waals surface area contributed by atoms with E-state index in [4.69, 9.17) is 0 Å². The average molecular weight is 333 g/mol. The molecule has 1 fully saturated rings. The summed E-state index contributed by atoms with van der Waals surface area (Å²) < 4.78 is 0. The van der Waals surface area contributed by atoms with Crippen LogP contribution in [0.5, 0.6) is 0 Å². The SMILES string of the molecule is CCN(C)CCNC(=O)c1ccc(CN2CCC(CO)CC2)cc1. The van der Waals surface area contributed by atoms with E-state index in [0.717, 1.165) is 51.1 Å². The average Bonchev–Trinajstić information content (AvgIpc) is 2.62. The second-order valence-electron chi connectivity index (χ2n) is 6.75. The van der Waals surface area contributed by atoms with E-state index in [1.54, 1.807) is 0 Å². The first kappa shape index (κ1) is 18.9. The molecule has 2 rings (SSSR count). The van der Waals surface area contributed by atoms with Crippen LogP contribution in [0.3, 0.4) is 0 Å². The number of hydrogen-bond acceptors (Lipinski definition) is 4. The number of benzene rings is 1. The first-order valence-electron chi connectivity index (χ1n) is 9.01. The first-order valence-corrected chi connectivity index (χ1v) is 9.01. The quantitative estimate of drug-likeness (QED) is 0.758. The Balaban J connectivity index is 1.77. The molecule has 1 aromatic carbocycles. The van der Waals surface area contributed by atoms with E-state index in [0.29, 0.717) is 19.1 Å². The summed E-state index contributed by atoms with van der Waals surface area (Å²) in [6.45, 7) is 7.94. The Morgan fingerprint density at radius 1 is 1.29 bits per heavy atom. The lowest BCUT2D eigenvalue weighted by atomic mass is 9.97. The van der Waals surface area contributed by atoms with Crippen LogP contribution >= 0.6 is 0 Å². The van der Waals surface area contributed by atoms with Crippen LogP contribution < -0.4 is 5.32 Å². The number of nitrogens with zero attached hydrogens (tertiary/aromatic N) is 2. The van der Waals surface area contributed by atoms with Crippen molar-refractivity contribution in [2.75, 3.05) is 46.4 Å². The summed E-state index contributed by atoms with van der Waals surface area (Å²) in [5.74, 6) is 0.467. The molecule has 1 heterocycles. The highest BCUT2D eigenvalue weighted by Crippen LogP contribution is 2.18. The smallest absolute Gasteiger partial charge is 0.251 e. The second kappa shape index (κ2) is 9.77. The molecule has 0 saturated carbocycles. The van der Waals surface area contributed by atoms with Crippen LogP contribution in [0.1, 0.15) is 35.7 Å². The van der Waals surface area contributed by atoms with Gasteiger partial charge in [-0.1, -0.05) is 19.1 Å². The minimum absolute atomic E-state index is 0.00480. The molecule has 24 heavy (non-hydrogen) atoms. The summed E-state index contributed by atoms with van der Waals surface area (Å²) in [5, 5.41) is 12.2. The summed E-state index contributed by atoms with van der Waals surface area (Å²) in [4.78, 5) is 16.7. The first-order chi connectivity index (χ1) is 11.6. The molecule has 1 aliphatic rings. The Morgan fingerprint density at radius 3 is 2.54 bits per heavy atom. The van der Waals surface area contributed by atoms with Gasteiger partial charge in [0.1, 0.15) is 0 Å². The van der Waals surface area contributed by atoms with Crippen molar-refractivity contribution in [3.63, 3.8) is 0 Å².